The van der Waals surface area contributed by atoms with E-state index < -0.39 is 5.60 Å². The summed E-state index contributed by atoms with van der Waals surface area (Å²) in [4.78, 5) is 31.4. The summed E-state index contributed by atoms with van der Waals surface area (Å²) in [5.74, 6) is 0.906. The minimum Gasteiger partial charge on any atom is -0.485 e. The van der Waals surface area contributed by atoms with Gasteiger partial charge in [0, 0.05) is 35.7 Å². The maximum atomic E-state index is 12.9. The summed E-state index contributed by atoms with van der Waals surface area (Å²) in [7, 11) is 0. The monoisotopic (exact) mass is 607 g/mol. The molecule has 1 aliphatic carbocycles. The summed E-state index contributed by atoms with van der Waals surface area (Å²) in [6, 6.07) is 22.5. The van der Waals surface area contributed by atoms with Gasteiger partial charge in [0.05, 0.1) is 13.0 Å². The number of hydrogen-bond acceptors (Lipinski definition) is 7. The molecule has 8 heteroatoms. The number of benzene rings is 3. The first-order valence-electron chi connectivity index (χ1n) is 15.7. The first kappa shape index (κ1) is 30.4. The Labute approximate surface area is 264 Å². The Morgan fingerprint density at radius 1 is 1.00 bits per heavy atom. The Bertz CT molecular complexity index is 1740. The predicted octanol–water partition coefficient (Wildman–Crippen LogP) is 7.38. The molecule has 1 amide bonds. The lowest BCUT2D eigenvalue weighted by Gasteiger charge is -2.40. The van der Waals surface area contributed by atoms with E-state index in [9.17, 15) is 9.59 Å². The van der Waals surface area contributed by atoms with Gasteiger partial charge in [-0.15, -0.1) is 0 Å². The maximum Gasteiger partial charge on any atom is 0.410 e. The predicted molar refractivity (Wildman–Crippen MR) is 175 cm³/mol. The fourth-order valence-electron chi connectivity index (χ4n) is 6.84. The van der Waals surface area contributed by atoms with Crippen LogP contribution in [-0.4, -0.2) is 47.2 Å². The zero-order chi connectivity index (χ0) is 31.8. The molecule has 0 radical (unpaired) electrons. The highest BCUT2D eigenvalue weighted by molar-refractivity contribution is 6.01. The second-order valence-corrected chi connectivity index (χ2v) is 13.0. The van der Waals surface area contributed by atoms with Crippen LogP contribution in [0, 0.1) is 0 Å². The zero-order valence-electron chi connectivity index (χ0n) is 26.5. The number of aromatic nitrogens is 1. The molecule has 1 aliphatic heterocycles. The SMILES string of the molecule is CCOC(=O)Cc1ccccc1O[C@@H]1CC2(CCN(C(=O)OC(C)(C)C)CC2)c2ccc(-c3cccc4c(N)nccc34)cc21. The third-order valence-electron chi connectivity index (χ3n) is 8.95. The van der Waals surface area contributed by atoms with Gasteiger partial charge in [-0.25, -0.2) is 9.78 Å². The number of carbonyl (C=O) groups is 2. The van der Waals surface area contributed by atoms with Crippen LogP contribution < -0.4 is 10.5 Å². The van der Waals surface area contributed by atoms with Crippen LogP contribution in [0.4, 0.5) is 10.6 Å². The number of pyridine rings is 1. The largest absolute Gasteiger partial charge is 0.485 e. The quantitative estimate of drug-likeness (QED) is 0.228. The molecule has 1 atom stereocenters. The Morgan fingerprint density at radius 2 is 1.78 bits per heavy atom. The molecule has 0 saturated carbocycles. The number of likely N-dealkylation sites (tertiary alicyclic amines) is 1. The number of ether oxygens (including phenoxy) is 3. The Kier molecular flexibility index (Phi) is 8.16. The van der Waals surface area contributed by atoms with E-state index in [0.717, 1.165) is 52.3 Å². The van der Waals surface area contributed by atoms with E-state index in [1.54, 1.807) is 6.20 Å². The van der Waals surface area contributed by atoms with Gasteiger partial charge in [-0.2, -0.15) is 0 Å². The van der Waals surface area contributed by atoms with E-state index in [1.165, 1.54) is 5.56 Å². The third kappa shape index (κ3) is 6.19. The van der Waals surface area contributed by atoms with Crippen molar-refractivity contribution in [3.63, 3.8) is 0 Å². The molecule has 1 saturated heterocycles. The number of carbonyl (C=O) groups excluding carboxylic acids is 2. The summed E-state index contributed by atoms with van der Waals surface area (Å²) in [6.45, 7) is 9.04. The van der Waals surface area contributed by atoms with Crippen molar-refractivity contribution in [1.29, 1.82) is 0 Å². The number of anilines is 1. The number of amides is 1. The van der Waals surface area contributed by atoms with Gasteiger partial charge in [0.1, 0.15) is 23.3 Å². The van der Waals surface area contributed by atoms with E-state index in [4.69, 9.17) is 19.9 Å². The fraction of sp³-hybridized carbons (Fsp3) is 0.378. The molecule has 2 aliphatic rings. The molecule has 3 aromatic carbocycles. The molecule has 0 unspecified atom stereocenters. The molecule has 8 nitrogen and oxygen atoms in total. The van der Waals surface area contributed by atoms with Crippen molar-refractivity contribution in [3.8, 4) is 16.9 Å². The average Bonchev–Trinajstić information content (AvgIpc) is 3.29. The average molecular weight is 608 g/mol. The van der Waals surface area contributed by atoms with Crippen LogP contribution in [0.15, 0.2) is 72.9 Å². The number of esters is 1. The summed E-state index contributed by atoms with van der Waals surface area (Å²) in [6.07, 6.45) is 3.76. The van der Waals surface area contributed by atoms with E-state index >= 15 is 0 Å². The van der Waals surface area contributed by atoms with E-state index in [2.05, 4.69) is 29.2 Å². The van der Waals surface area contributed by atoms with Crippen molar-refractivity contribution in [2.24, 2.45) is 0 Å². The van der Waals surface area contributed by atoms with Gasteiger partial charge < -0.3 is 24.8 Å². The van der Waals surface area contributed by atoms with E-state index in [0.29, 0.717) is 31.3 Å². The molecule has 2 heterocycles. The molecule has 234 valence electrons. The molecule has 1 fully saturated rings. The number of hydrogen-bond donors (Lipinski definition) is 1. The van der Waals surface area contributed by atoms with Gasteiger partial charge in [-0.3, -0.25) is 4.79 Å². The van der Waals surface area contributed by atoms with E-state index in [-0.39, 0.29) is 30.0 Å². The Balaban J connectivity index is 1.37. The van der Waals surface area contributed by atoms with Crippen LogP contribution in [-0.2, 0) is 26.1 Å². The molecule has 4 aromatic rings. The molecule has 2 N–H and O–H groups in total. The number of nitrogen functional groups attached to an aromatic ring is 1. The van der Waals surface area contributed by atoms with Crippen molar-refractivity contribution in [3.05, 3.63) is 89.6 Å². The maximum absolute atomic E-state index is 12.9. The Hall–Kier alpha value is -4.59. The smallest absolute Gasteiger partial charge is 0.410 e. The molecule has 45 heavy (non-hydrogen) atoms. The summed E-state index contributed by atoms with van der Waals surface area (Å²) < 4.78 is 17.7. The van der Waals surface area contributed by atoms with Crippen molar-refractivity contribution < 1.29 is 23.8 Å². The van der Waals surface area contributed by atoms with Gasteiger partial charge >= 0.3 is 12.1 Å². The molecule has 1 spiro atoms. The van der Waals surface area contributed by atoms with Gasteiger partial charge in [-0.1, -0.05) is 48.5 Å². The Morgan fingerprint density at radius 3 is 2.53 bits per heavy atom. The third-order valence-corrected chi connectivity index (χ3v) is 8.95. The first-order chi connectivity index (χ1) is 21.6. The number of nitrogens with zero attached hydrogens (tertiary/aromatic N) is 2. The van der Waals surface area contributed by atoms with Crippen molar-refractivity contribution in [1.82, 2.24) is 9.88 Å². The number of rotatable bonds is 6. The topological polar surface area (TPSA) is 104 Å². The molecule has 0 bridgehead atoms. The summed E-state index contributed by atoms with van der Waals surface area (Å²) in [5, 5.41) is 1.96. The van der Waals surface area contributed by atoms with Crippen LogP contribution >= 0.6 is 0 Å². The van der Waals surface area contributed by atoms with Crippen LogP contribution in [0.1, 0.15) is 69.8 Å². The van der Waals surface area contributed by atoms with Crippen LogP contribution in [0.5, 0.6) is 5.75 Å². The lowest BCUT2D eigenvalue weighted by Crippen LogP contribution is -2.46. The van der Waals surface area contributed by atoms with Gasteiger partial charge in [-0.05, 0) is 92.8 Å². The van der Waals surface area contributed by atoms with Gasteiger partial charge in [0.2, 0.25) is 0 Å². The number of piperidine rings is 1. The highest BCUT2D eigenvalue weighted by Crippen LogP contribution is 2.53. The minimum absolute atomic E-state index is 0.144. The van der Waals surface area contributed by atoms with Crippen LogP contribution in [0.25, 0.3) is 21.9 Å². The number of para-hydroxylation sites is 1. The van der Waals surface area contributed by atoms with Gasteiger partial charge in [0.25, 0.3) is 0 Å². The highest BCUT2D eigenvalue weighted by Gasteiger charge is 2.47. The lowest BCUT2D eigenvalue weighted by atomic mass is 9.73. The van der Waals surface area contributed by atoms with Crippen LogP contribution in [0.3, 0.4) is 0 Å². The summed E-state index contributed by atoms with van der Waals surface area (Å²) >= 11 is 0. The van der Waals surface area contributed by atoms with E-state index in [1.807, 2.05) is 75.1 Å². The molecule has 6 rings (SSSR count). The minimum atomic E-state index is -0.541. The second kappa shape index (κ2) is 12.1. The van der Waals surface area contributed by atoms with Crippen molar-refractivity contribution in [2.45, 2.75) is 70.5 Å². The first-order valence-corrected chi connectivity index (χ1v) is 15.7. The van der Waals surface area contributed by atoms with Crippen LogP contribution in [0.2, 0.25) is 0 Å². The van der Waals surface area contributed by atoms with Crippen molar-refractivity contribution >= 4 is 28.7 Å². The highest BCUT2D eigenvalue weighted by atomic mass is 16.6. The normalized spacial score (nSPS) is 17.2. The van der Waals surface area contributed by atoms with Crippen molar-refractivity contribution in [2.75, 3.05) is 25.4 Å². The second-order valence-electron chi connectivity index (χ2n) is 13.0. The fourth-order valence-corrected chi connectivity index (χ4v) is 6.84. The molecular weight excluding hydrogens is 566 g/mol. The van der Waals surface area contributed by atoms with Gasteiger partial charge in [0.15, 0.2) is 0 Å². The standard InChI is InChI=1S/C37H41N3O5/c1-5-43-33(41)22-25-9-6-7-12-31(25)44-32-23-37(16-19-40(20-17-37)35(42)45-36(2,3)4)30-14-13-24(21-29(30)32)26-10-8-11-28-27(26)15-18-39-34(28)38/h6-15,18,21,32H,5,16-17,19-20,22-23H2,1-4H3,(H2,38,39)/t32-/m1/s1. The number of fused-ring (bicyclic) bond motifs is 3. The lowest BCUT2D eigenvalue weighted by molar-refractivity contribution is -0.142. The summed E-state index contributed by atoms with van der Waals surface area (Å²) in [5.41, 5.74) is 10.9. The number of nitrogens with two attached hydrogens (primary N) is 1. The molecule has 1 aromatic heterocycles. The zero-order valence-corrected chi connectivity index (χ0v) is 26.5. The molecular formula is C37H41N3O5.